The zero-order valence-electron chi connectivity index (χ0n) is 8.50. The van der Waals surface area contributed by atoms with E-state index in [9.17, 15) is 0 Å². The van der Waals surface area contributed by atoms with Crippen molar-refractivity contribution in [1.82, 2.24) is 15.0 Å². The lowest BCUT2D eigenvalue weighted by atomic mass is 10.3. The maximum absolute atomic E-state index is 6.07. The van der Waals surface area contributed by atoms with Gasteiger partial charge in [0, 0.05) is 17.3 Å². The van der Waals surface area contributed by atoms with Gasteiger partial charge in [-0.1, -0.05) is 40.0 Å². The Balaban J connectivity index is 2.45. The lowest BCUT2D eigenvalue weighted by Gasteiger charge is -2.06. The van der Waals surface area contributed by atoms with Crippen molar-refractivity contribution in [2.24, 2.45) is 0 Å². The summed E-state index contributed by atoms with van der Waals surface area (Å²) in [7, 11) is 0. The fraction of sp³-hybridized carbons (Fsp3) is 0.200. The normalized spacial score (nSPS) is 10.8. The summed E-state index contributed by atoms with van der Waals surface area (Å²) in [5.41, 5.74) is 1.34. The van der Waals surface area contributed by atoms with Gasteiger partial charge in [0.05, 0.1) is 21.9 Å². The van der Waals surface area contributed by atoms with E-state index in [1.54, 1.807) is 18.3 Å². The number of hydrogen-bond donors (Lipinski definition) is 0. The van der Waals surface area contributed by atoms with Crippen LogP contribution < -0.4 is 0 Å². The van der Waals surface area contributed by atoms with E-state index < -0.39 is 0 Å². The highest BCUT2D eigenvalue weighted by Crippen LogP contribution is 2.31. The van der Waals surface area contributed by atoms with E-state index in [4.69, 9.17) is 46.4 Å². The SMILES string of the molecule is ClCCc1cn(-c2c(Cl)cc(Cl)cc2Cl)nn1. The summed E-state index contributed by atoms with van der Waals surface area (Å²) >= 11 is 23.6. The molecule has 0 atom stereocenters. The first-order valence-corrected chi connectivity index (χ1v) is 6.40. The van der Waals surface area contributed by atoms with Crippen LogP contribution in [0.15, 0.2) is 18.3 Å². The van der Waals surface area contributed by atoms with Gasteiger partial charge in [-0.05, 0) is 12.1 Å². The second-order valence-electron chi connectivity index (χ2n) is 3.31. The van der Waals surface area contributed by atoms with Gasteiger partial charge in [-0.15, -0.1) is 16.7 Å². The molecule has 2 aromatic rings. The summed E-state index contributed by atoms with van der Waals surface area (Å²) in [6.45, 7) is 0. The summed E-state index contributed by atoms with van der Waals surface area (Å²) in [4.78, 5) is 0. The van der Waals surface area contributed by atoms with Crippen LogP contribution in [0.25, 0.3) is 5.69 Å². The molecule has 0 bridgehead atoms. The number of rotatable bonds is 3. The highest BCUT2D eigenvalue weighted by molar-refractivity contribution is 6.40. The smallest absolute Gasteiger partial charge is 0.104 e. The van der Waals surface area contributed by atoms with Crippen LogP contribution in [0.4, 0.5) is 0 Å². The topological polar surface area (TPSA) is 30.7 Å². The molecule has 0 radical (unpaired) electrons. The summed E-state index contributed by atoms with van der Waals surface area (Å²) in [5, 5.41) is 9.24. The molecule has 0 saturated carbocycles. The number of halogens is 4. The Labute approximate surface area is 118 Å². The monoisotopic (exact) mass is 309 g/mol. The van der Waals surface area contributed by atoms with Gasteiger partial charge in [0.2, 0.25) is 0 Å². The van der Waals surface area contributed by atoms with Crippen molar-refractivity contribution in [3.05, 3.63) is 39.1 Å². The van der Waals surface area contributed by atoms with Gasteiger partial charge < -0.3 is 0 Å². The lowest BCUT2D eigenvalue weighted by molar-refractivity contribution is 0.798. The Morgan fingerprint density at radius 3 is 2.35 bits per heavy atom. The summed E-state index contributed by atoms with van der Waals surface area (Å²) in [5.74, 6) is 0.487. The molecule has 1 heterocycles. The third-order valence-corrected chi connectivity index (χ3v) is 3.09. The maximum atomic E-state index is 6.07. The van der Waals surface area contributed by atoms with Crippen molar-refractivity contribution in [2.75, 3.05) is 5.88 Å². The minimum Gasteiger partial charge on any atom is -0.217 e. The standard InChI is InChI=1S/C10H7Cl4N3/c11-2-1-7-5-17(16-15-7)10-8(13)3-6(12)4-9(10)14/h3-5H,1-2H2. The predicted octanol–water partition coefficient (Wildman–Crippen LogP) is 4.01. The summed E-state index contributed by atoms with van der Waals surface area (Å²) in [6.07, 6.45) is 2.38. The van der Waals surface area contributed by atoms with Crippen molar-refractivity contribution in [2.45, 2.75) is 6.42 Å². The molecule has 1 aromatic carbocycles. The Bertz CT molecular complexity index is 515. The Morgan fingerprint density at radius 1 is 1.12 bits per heavy atom. The van der Waals surface area contributed by atoms with E-state index >= 15 is 0 Å². The van der Waals surface area contributed by atoms with Crippen LogP contribution in [-0.2, 0) is 6.42 Å². The minimum absolute atomic E-state index is 0.421. The lowest BCUT2D eigenvalue weighted by Crippen LogP contribution is -1.97. The second kappa shape index (κ2) is 5.44. The van der Waals surface area contributed by atoms with Crippen LogP contribution >= 0.6 is 46.4 Å². The van der Waals surface area contributed by atoms with Gasteiger partial charge in [0.1, 0.15) is 5.69 Å². The number of hydrogen-bond acceptors (Lipinski definition) is 2. The number of aromatic nitrogens is 3. The van der Waals surface area contributed by atoms with Crippen molar-refractivity contribution in [3.8, 4) is 5.69 Å². The Hall–Kier alpha value is -0.480. The first kappa shape index (κ1) is 13.0. The molecule has 0 aliphatic carbocycles. The summed E-state index contributed by atoms with van der Waals surface area (Å²) in [6, 6.07) is 3.21. The molecule has 0 unspecified atom stereocenters. The van der Waals surface area contributed by atoms with Crippen molar-refractivity contribution >= 4 is 46.4 Å². The van der Waals surface area contributed by atoms with E-state index in [-0.39, 0.29) is 0 Å². The molecular weight excluding hydrogens is 304 g/mol. The number of aryl methyl sites for hydroxylation is 1. The molecule has 0 fully saturated rings. The molecule has 0 spiro atoms. The third kappa shape index (κ3) is 2.86. The van der Waals surface area contributed by atoms with E-state index in [2.05, 4.69) is 10.3 Å². The molecule has 0 aliphatic heterocycles. The highest BCUT2D eigenvalue weighted by atomic mass is 35.5. The van der Waals surface area contributed by atoms with Crippen LogP contribution in [0.1, 0.15) is 5.69 Å². The second-order valence-corrected chi connectivity index (χ2v) is 4.94. The van der Waals surface area contributed by atoms with E-state index in [0.717, 1.165) is 5.69 Å². The van der Waals surface area contributed by atoms with E-state index in [0.29, 0.717) is 33.1 Å². The van der Waals surface area contributed by atoms with Crippen molar-refractivity contribution < 1.29 is 0 Å². The fourth-order valence-electron chi connectivity index (χ4n) is 1.37. The first-order valence-electron chi connectivity index (χ1n) is 4.74. The largest absolute Gasteiger partial charge is 0.217 e. The molecule has 0 amide bonds. The van der Waals surface area contributed by atoms with Crippen molar-refractivity contribution in [1.29, 1.82) is 0 Å². The fourth-order valence-corrected chi connectivity index (χ4v) is 2.56. The third-order valence-electron chi connectivity index (χ3n) is 2.10. The van der Waals surface area contributed by atoms with Gasteiger partial charge in [-0.25, -0.2) is 4.68 Å². The van der Waals surface area contributed by atoms with Crippen molar-refractivity contribution in [3.63, 3.8) is 0 Å². The molecule has 0 saturated heterocycles. The van der Waals surface area contributed by atoms with Crippen LogP contribution in [0, 0.1) is 0 Å². The first-order chi connectivity index (χ1) is 8.11. The molecule has 2 rings (SSSR count). The van der Waals surface area contributed by atoms with Crippen LogP contribution in [0.2, 0.25) is 15.1 Å². The zero-order valence-corrected chi connectivity index (χ0v) is 11.5. The van der Waals surface area contributed by atoms with E-state index in [1.807, 2.05) is 0 Å². The maximum Gasteiger partial charge on any atom is 0.104 e. The number of benzene rings is 1. The molecule has 17 heavy (non-hydrogen) atoms. The average Bonchev–Trinajstić information content (AvgIpc) is 2.65. The molecular formula is C10H7Cl4N3. The Kier molecular flexibility index (Phi) is 4.15. The minimum atomic E-state index is 0.421. The van der Waals surface area contributed by atoms with Gasteiger partial charge >= 0.3 is 0 Å². The number of nitrogens with zero attached hydrogens (tertiary/aromatic N) is 3. The molecule has 90 valence electrons. The van der Waals surface area contributed by atoms with Crippen LogP contribution in [0.5, 0.6) is 0 Å². The average molecular weight is 311 g/mol. The molecule has 0 N–H and O–H groups in total. The zero-order chi connectivity index (χ0) is 12.4. The molecule has 1 aromatic heterocycles. The molecule has 0 aliphatic rings. The predicted molar refractivity (Wildman–Crippen MR) is 70.8 cm³/mol. The van der Waals surface area contributed by atoms with Gasteiger partial charge in [0.25, 0.3) is 0 Å². The van der Waals surface area contributed by atoms with E-state index in [1.165, 1.54) is 4.68 Å². The molecule has 3 nitrogen and oxygen atoms in total. The quantitative estimate of drug-likeness (QED) is 0.802. The highest BCUT2D eigenvalue weighted by Gasteiger charge is 2.12. The van der Waals surface area contributed by atoms with Crippen LogP contribution in [-0.4, -0.2) is 20.9 Å². The number of alkyl halides is 1. The van der Waals surface area contributed by atoms with Gasteiger partial charge in [0.15, 0.2) is 0 Å². The van der Waals surface area contributed by atoms with Gasteiger partial charge in [-0.2, -0.15) is 0 Å². The summed E-state index contributed by atoms with van der Waals surface area (Å²) < 4.78 is 1.52. The van der Waals surface area contributed by atoms with Crippen LogP contribution in [0.3, 0.4) is 0 Å². The van der Waals surface area contributed by atoms with Gasteiger partial charge in [-0.3, -0.25) is 0 Å². The molecule has 7 heteroatoms. The Morgan fingerprint density at radius 2 is 1.76 bits per heavy atom.